The lowest BCUT2D eigenvalue weighted by Crippen LogP contribution is -2.04. The third-order valence-corrected chi connectivity index (χ3v) is 3.17. The van der Waals surface area contributed by atoms with Crippen LogP contribution in [0.4, 0.5) is 0 Å². The maximum Gasteiger partial charge on any atom is 0.161 e. The van der Waals surface area contributed by atoms with Crippen LogP contribution in [0.2, 0.25) is 0 Å². The molecular formula is C16H27NO2. The van der Waals surface area contributed by atoms with Gasteiger partial charge in [-0.25, -0.2) is 0 Å². The van der Waals surface area contributed by atoms with Crippen molar-refractivity contribution in [2.45, 2.75) is 45.4 Å². The van der Waals surface area contributed by atoms with Crippen LogP contribution in [0.1, 0.15) is 44.6 Å². The minimum Gasteiger partial charge on any atom is -0.493 e. The third kappa shape index (κ3) is 5.97. The van der Waals surface area contributed by atoms with Crippen LogP contribution < -0.4 is 15.2 Å². The van der Waals surface area contributed by atoms with E-state index in [0.717, 1.165) is 30.9 Å². The normalized spacial score (nSPS) is 10.5. The SMILES string of the molecule is CCCCCCCOc1cc(CCN)ccc1OC. The topological polar surface area (TPSA) is 44.5 Å². The Morgan fingerprint density at radius 1 is 1.05 bits per heavy atom. The number of unbranched alkanes of at least 4 members (excludes halogenated alkanes) is 4. The molecule has 0 atom stereocenters. The van der Waals surface area contributed by atoms with E-state index in [1.165, 1.54) is 31.2 Å². The number of ether oxygens (including phenoxy) is 2. The molecule has 108 valence electrons. The highest BCUT2D eigenvalue weighted by Crippen LogP contribution is 2.28. The van der Waals surface area contributed by atoms with Crippen molar-refractivity contribution >= 4 is 0 Å². The Bertz CT molecular complexity index is 353. The zero-order valence-electron chi connectivity index (χ0n) is 12.3. The summed E-state index contributed by atoms with van der Waals surface area (Å²) in [6, 6.07) is 6.04. The zero-order chi connectivity index (χ0) is 13.9. The van der Waals surface area contributed by atoms with Gasteiger partial charge >= 0.3 is 0 Å². The quantitative estimate of drug-likeness (QED) is 0.658. The van der Waals surface area contributed by atoms with Crippen LogP contribution in [0, 0.1) is 0 Å². The molecule has 3 nitrogen and oxygen atoms in total. The number of rotatable bonds is 10. The number of benzene rings is 1. The first-order valence-corrected chi connectivity index (χ1v) is 7.31. The predicted molar refractivity (Wildman–Crippen MR) is 80.0 cm³/mol. The number of methoxy groups -OCH3 is 1. The monoisotopic (exact) mass is 265 g/mol. The molecule has 1 rings (SSSR count). The highest BCUT2D eigenvalue weighted by molar-refractivity contribution is 5.43. The molecule has 0 heterocycles. The van der Waals surface area contributed by atoms with E-state index in [9.17, 15) is 0 Å². The molecule has 0 amide bonds. The Morgan fingerprint density at radius 3 is 2.53 bits per heavy atom. The summed E-state index contributed by atoms with van der Waals surface area (Å²) in [5, 5.41) is 0. The van der Waals surface area contributed by atoms with E-state index in [4.69, 9.17) is 15.2 Å². The Labute approximate surface area is 117 Å². The molecule has 0 saturated heterocycles. The second kappa shape index (κ2) is 9.68. The van der Waals surface area contributed by atoms with Crippen LogP contribution in [0.5, 0.6) is 11.5 Å². The van der Waals surface area contributed by atoms with E-state index in [0.29, 0.717) is 6.54 Å². The first-order valence-electron chi connectivity index (χ1n) is 7.31. The van der Waals surface area contributed by atoms with Crippen LogP contribution >= 0.6 is 0 Å². The van der Waals surface area contributed by atoms with E-state index < -0.39 is 0 Å². The van der Waals surface area contributed by atoms with Crippen molar-refractivity contribution in [2.75, 3.05) is 20.3 Å². The zero-order valence-corrected chi connectivity index (χ0v) is 12.3. The molecule has 0 aliphatic carbocycles. The van der Waals surface area contributed by atoms with Gasteiger partial charge in [0.05, 0.1) is 13.7 Å². The van der Waals surface area contributed by atoms with Crippen molar-refractivity contribution in [3.8, 4) is 11.5 Å². The fraction of sp³-hybridized carbons (Fsp3) is 0.625. The Balaban J connectivity index is 2.43. The fourth-order valence-corrected chi connectivity index (χ4v) is 2.04. The molecular weight excluding hydrogens is 238 g/mol. The lowest BCUT2D eigenvalue weighted by atomic mass is 10.1. The molecule has 0 radical (unpaired) electrons. The Morgan fingerprint density at radius 2 is 1.84 bits per heavy atom. The summed E-state index contributed by atoms with van der Waals surface area (Å²) in [7, 11) is 1.67. The third-order valence-electron chi connectivity index (χ3n) is 3.17. The number of hydrogen-bond acceptors (Lipinski definition) is 3. The standard InChI is InChI=1S/C16H27NO2/c1-3-4-5-6-7-12-19-16-13-14(10-11-17)8-9-15(16)18-2/h8-9,13H,3-7,10-12,17H2,1-2H3. The van der Waals surface area contributed by atoms with Gasteiger partial charge in [-0.1, -0.05) is 38.7 Å². The number of nitrogens with two attached hydrogens (primary N) is 1. The molecule has 3 heteroatoms. The minimum absolute atomic E-state index is 0.656. The van der Waals surface area contributed by atoms with Gasteiger partial charge in [0, 0.05) is 0 Å². The average molecular weight is 265 g/mol. The number of hydrogen-bond donors (Lipinski definition) is 1. The Hall–Kier alpha value is -1.22. The van der Waals surface area contributed by atoms with Crippen molar-refractivity contribution in [3.63, 3.8) is 0 Å². The van der Waals surface area contributed by atoms with Gasteiger partial charge in [0.15, 0.2) is 11.5 Å². The van der Waals surface area contributed by atoms with Gasteiger partial charge in [-0.05, 0) is 37.1 Å². The smallest absolute Gasteiger partial charge is 0.161 e. The molecule has 0 aliphatic heterocycles. The summed E-state index contributed by atoms with van der Waals surface area (Å²) in [5.74, 6) is 1.64. The molecule has 0 spiro atoms. The van der Waals surface area contributed by atoms with E-state index in [2.05, 4.69) is 6.92 Å². The molecule has 19 heavy (non-hydrogen) atoms. The van der Waals surface area contributed by atoms with Gasteiger partial charge in [0.1, 0.15) is 0 Å². The van der Waals surface area contributed by atoms with Crippen molar-refractivity contribution in [3.05, 3.63) is 23.8 Å². The van der Waals surface area contributed by atoms with Gasteiger partial charge in [-0.15, -0.1) is 0 Å². The molecule has 1 aromatic carbocycles. The maximum atomic E-state index is 5.83. The van der Waals surface area contributed by atoms with E-state index in [-0.39, 0.29) is 0 Å². The van der Waals surface area contributed by atoms with Gasteiger partial charge < -0.3 is 15.2 Å². The van der Waals surface area contributed by atoms with Gasteiger partial charge in [0.25, 0.3) is 0 Å². The highest BCUT2D eigenvalue weighted by atomic mass is 16.5. The second-order valence-corrected chi connectivity index (χ2v) is 4.79. The van der Waals surface area contributed by atoms with Crippen LogP contribution in [0.3, 0.4) is 0 Å². The molecule has 2 N–H and O–H groups in total. The fourth-order valence-electron chi connectivity index (χ4n) is 2.04. The predicted octanol–water partition coefficient (Wildman–Crippen LogP) is 3.55. The van der Waals surface area contributed by atoms with E-state index in [1.807, 2.05) is 18.2 Å². The molecule has 0 saturated carbocycles. The largest absolute Gasteiger partial charge is 0.493 e. The van der Waals surface area contributed by atoms with Gasteiger partial charge in [-0.3, -0.25) is 0 Å². The van der Waals surface area contributed by atoms with Crippen LogP contribution in [-0.4, -0.2) is 20.3 Å². The average Bonchev–Trinajstić information content (AvgIpc) is 2.43. The van der Waals surface area contributed by atoms with Crippen molar-refractivity contribution in [1.82, 2.24) is 0 Å². The van der Waals surface area contributed by atoms with Gasteiger partial charge in [-0.2, -0.15) is 0 Å². The molecule has 0 bridgehead atoms. The Kier molecular flexibility index (Phi) is 8.07. The lowest BCUT2D eigenvalue weighted by Gasteiger charge is -2.12. The lowest BCUT2D eigenvalue weighted by molar-refractivity contribution is 0.284. The van der Waals surface area contributed by atoms with Crippen molar-refractivity contribution < 1.29 is 9.47 Å². The molecule has 0 aromatic heterocycles. The molecule has 0 fully saturated rings. The van der Waals surface area contributed by atoms with E-state index >= 15 is 0 Å². The molecule has 0 aliphatic rings. The summed E-state index contributed by atoms with van der Waals surface area (Å²) in [4.78, 5) is 0. The van der Waals surface area contributed by atoms with Crippen molar-refractivity contribution in [2.24, 2.45) is 5.73 Å². The highest BCUT2D eigenvalue weighted by Gasteiger charge is 2.05. The van der Waals surface area contributed by atoms with Crippen molar-refractivity contribution in [1.29, 1.82) is 0 Å². The first-order chi connectivity index (χ1) is 9.31. The van der Waals surface area contributed by atoms with Crippen LogP contribution in [-0.2, 0) is 6.42 Å². The van der Waals surface area contributed by atoms with E-state index in [1.54, 1.807) is 7.11 Å². The summed E-state index contributed by atoms with van der Waals surface area (Å²) in [6.45, 7) is 3.64. The summed E-state index contributed by atoms with van der Waals surface area (Å²) < 4.78 is 11.1. The maximum absolute atomic E-state index is 5.83. The first kappa shape index (κ1) is 15.8. The second-order valence-electron chi connectivity index (χ2n) is 4.79. The summed E-state index contributed by atoms with van der Waals surface area (Å²) in [5.41, 5.74) is 6.78. The summed E-state index contributed by atoms with van der Waals surface area (Å²) >= 11 is 0. The molecule has 0 unspecified atom stereocenters. The summed E-state index contributed by atoms with van der Waals surface area (Å²) in [6.07, 6.45) is 7.09. The van der Waals surface area contributed by atoms with Crippen LogP contribution in [0.15, 0.2) is 18.2 Å². The molecule has 1 aromatic rings. The van der Waals surface area contributed by atoms with Crippen LogP contribution in [0.25, 0.3) is 0 Å². The van der Waals surface area contributed by atoms with Gasteiger partial charge in [0.2, 0.25) is 0 Å². The minimum atomic E-state index is 0.656.